The maximum Gasteiger partial charge on any atom is 0.273 e. The molecule has 0 radical (unpaired) electrons. The van der Waals surface area contributed by atoms with E-state index in [2.05, 4.69) is 15.8 Å². The molecule has 2 aromatic rings. The molecule has 1 saturated heterocycles. The molecule has 1 fully saturated rings. The van der Waals surface area contributed by atoms with Crippen LogP contribution in [0.3, 0.4) is 0 Å². The summed E-state index contributed by atoms with van der Waals surface area (Å²) in [4.78, 5) is 26.1. The summed E-state index contributed by atoms with van der Waals surface area (Å²) in [6.07, 6.45) is 0. The Morgan fingerprint density at radius 3 is 2.92 bits per heavy atom. The standard InChI is InChI=1S/C17H20N4O3/c1-12-10-18-7-8-21(12)16(22)11-19-17(23)14-9-15(24-20-14)13-5-3-2-4-6-13/h2-6,9,12,18H,7-8,10-11H2,1H3,(H,19,23)/t12-/m0/s1. The summed E-state index contributed by atoms with van der Waals surface area (Å²) in [6, 6.07) is 11.1. The van der Waals surface area contributed by atoms with Crippen molar-refractivity contribution < 1.29 is 14.1 Å². The maximum atomic E-state index is 12.2. The van der Waals surface area contributed by atoms with Crippen molar-refractivity contribution in [3.63, 3.8) is 0 Å². The van der Waals surface area contributed by atoms with Crippen molar-refractivity contribution in [2.75, 3.05) is 26.2 Å². The maximum absolute atomic E-state index is 12.2. The summed E-state index contributed by atoms with van der Waals surface area (Å²) in [5.41, 5.74) is 1.00. The van der Waals surface area contributed by atoms with E-state index in [0.717, 1.165) is 18.7 Å². The van der Waals surface area contributed by atoms with Gasteiger partial charge in [0.05, 0.1) is 6.54 Å². The Morgan fingerprint density at radius 2 is 2.17 bits per heavy atom. The molecule has 1 aliphatic heterocycles. The molecule has 1 aromatic heterocycles. The van der Waals surface area contributed by atoms with Crippen LogP contribution in [0, 0.1) is 0 Å². The van der Waals surface area contributed by atoms with Crippen LogP contribution in [0.4, 0.5) is 0 Å². The number of hydrogen-bond donors (Lipinski definition) is 2. The Morgan fingerprint density at radius 1 is 1.38 bits per heavy atom. The van der Waals surface area contributed by atoms with E-state index in [1.807, 2.05) is 37.3 Å². The van der Waals surface area contributed by atoms with Crippen LogP contribution < -0.4 is 10.6 Å². The molecule has 2 amide bonds. The first-order valence-electron chi connectivity index (χ1n) is 7.95. The fourth-order valence-corrected chi connectivity index (χ4v) is 2.68. The fourth-order valence-electron chi connectivity index (χ4n) is 2.68. The normalized spacial score (nSPS) is 17.5. The minimum atomic E-state index is -0.419. The van der Waals surface area contributed by atoms with Crippen molar-refractivity contribution >= 4 is 11.8 Å². The Hall–Kier alpha value is -2.67. The number of amides is 2. The van der Waals surface area contributed by atoms with E-state index in [1.54, 1.807) is 11.0 Å². The molecule has 0 unspecified atom stereocenters. The number of benzene rings is 1. The first-order valence-corrected chi connectivity index (χ1v) is 7.95. The highest BCUT2D eigenvalue weighted by Crippen LogP contribution is 2.19. The van der Waals surface area contributed by atoms with Gasteiger partial charge in [-0.05, 0) is 6.92 Å². The SMILES string of the molecule is C[C@H]1CNCCN1C(=O)CNC(=O)c1cc(-c2ccccc2)on1. The number of carbonyl (C=O) groups is 2. The third-order valence-corrected chi connectivity index (χ3v) is 4.02. The second-order valence-electron chi connectivity index (χ2n) is 5.77. The van der Waals surface area contributed by atoms with Crippen LogP contribution in [0.25, 0.3) is 11.3 Å². The average Bonchev–Trinajstić information content (AvgIpc) is 3.11. The van der Waals surface area contributed by atoms with Crippen molar-refractivity contribution in [1.82, 2.24) is 20.7 Å². The number of rotatable bonds is 4. The second kappa shape index (κ2) is 7.27. The van der Waals surface area contributed by atoms with Gasteiger partial charge in [0.25, 0.3) is 5.91 Å². The van der Waals surface area contributed by atoms with Crippen molar-refractivity contribution in [1.29, 1.82) is 0 Å². The molecule has 0 spiro atoms. The lowest BCUT2D eigenvalue weighted by Gasteiger charge is -2.34. The molecule has 2 N–H and O–H groups in total. The predicted octanol–water partition coefficient (Wildman–Crippen LogP) is 0.892. The molecule has 0 saturated carbocycles. The molecule has 1 atom stereocenters. The van der Waals surface area contributed by atoms with Crippen LogP contribution in [0.15, 0.2) is 40.9 Å². The third-order valence-electron chi connectivity index (χ3n) is 4.02. The van der Waals surface area contributed by atoms with E-state index in [9.17, 15) is 9.59 Å². The summed E-state index contributed by atoms with van der Waals surface area (Å²) in [6.45, 7) is 4.13. The molecule has 126 valence electrons. The molecular weight excluding hydrogens is 308 g/mol. The average molecular weight is 328 g/mol. The van der Waals surface area contributed by atoms with Crippen molar-refractivity contribution in [2.45, 2.75) is 13.0 Å². The fraction of sp³-hybridized carbons (Fsp3) is 0.353. The smallest absolute Gasteiger partial charge is 0.273 e. The van der Waals surface area contributed by atoms with Crippen LogP contribution in [0.2, 0.25) is 0 Å². The first-order chi connectivity index (χ1) is 11.6. The first kappa shape index (κ1) is 16.2. The summed E-state index contributed by atoms with van der Waals surface area (Å²) >= 11 is 0. The van der Waals surface area contributed by atoms with Crippen molar-refractivity contribution in [2.24, 2.45) is 0 Å². The lowest BCUT2D eigenvalue weighted by atomic mass is 10.1. The highest BCUT2D eigenvalue weighted by molar-refractivity contribution is 5.95. The van der Waals surface area contributed by atoms with Crippen LogP contribution in [0.1, 0.15) is 17.4 Å². The molecule has 2 heterocycles. The van der Waals surface area contributed by atoms with Gasteiger partial charge in [-0.3, -0.25) is 9.59 Å². The van der Waals surface area contributed by atoms with Crippen LogP contribution >= 0.6 is 0 Å². The number of aromatic nitrogens is 1. The summed E-state index contributed by atoms with van der Waals surface area (Å²) in [5.74, 6) is 0.00370. The number of piperazine rings is 1. The molecule has 1 aliphatic rings. The number of carbonyl (C=O) groups excluding carboxylic acids is 2. The number of nitrogens with zero attached hydrogens (tertiary/aromatic N) is 2. The van der Waals surface area contributed by atoms with E-state index in [0.29, 0.717) is 12.3 Å². The molecule has 7 nitrogen and oxygen atoms in total. The minimum absolute atomic E-state index is 0.0449. The minimum Gasteiger partial charge on any atom is -0.355 e. The molecule has 1 aromatic carbocycles. The van der Waals surface area contributed by atoms with Gasteiger partial charge in [-0.15, -0.1) is 0 Å². The van der Waals surface area contributed by atoms with Crippen LogP contribution in [-0.4, -0.2) is 54.1 Å². The van der Waals surface area contributed by atoms with E-state index < -0.39 is 5.91 Å². The molecule has 24 heavy (non-hydrogen) atoms. The number of nitrogens with one attached hydrogen (secondary N) is 2. The number of hydrogen-bond acceptors (Lipinski definition) is 5. The summed E-state index contributed by atoms with van der Waals surface area (Å²) in [7, 11) is 0. The Labute approximate surface area is 140 Å². The lowest BCUT2D eigenvalue weighted by Crippen LogP contribution is -2.54. The van der Waals surface area contributed by atoms with Gasteiger partial charge in [0.2, 0.25) is 5.91 Å². The van der Waals surface area contributed by atoms with Gasteiger partial charge in [-0.25, -0.2) is 0 Å². The highest BCUT2D eigenvalue weighted by Gasteiger charge is 2.23. The zero-order chi connectivity index (χ0) is 16.9. The lowest BCUT2D eigenvalue weighted by molar-refractivity contribution is -0.132. The van der Waals surface area contributed by atoms with Gasteiger partial charge >= 0.3 is 0 Å². The molecule has 3 rings (SSSR count). The predicted molar refractivity (Wildman–Crippen MR) is 88.3 cm³/mol. The largest absolute Gasteiger partial charge is 0.355 e. The van der Waals surface area contributed by atoms with E-state index in [4.69, 9.17) is 4.52 Å². The van der Waals surface area contributed by atoms with Gasteiger partial charge in [-0.2, -0.15) is 0 Å². The monoisotopic (exact) mass is 328 g/mol. The topological polar surface area (TPSA) is 87.5 Å². The third kappa shape index (κ3) is 3.62. The van der Waals surface area contributed by atoms with Crippen molar-refractivity contribution in [3.05, 3.63) is 42.1 Å². The molecular formula is C17H20N4O3. The second-order valence-corrected chi connectivity index (χ2v) is 5.77. The molecule has 0 bridgehead atoms. The summed E-state index contributed by atoms with van der Waals surface area (Å²) in [5, 5.41) is 9.61. The quantitative estimate of drug-likeness (QED) is 0.870. The van der Waals surface area contributed by atoms with Gasteiger partial charge in [0.1, 0.15) is 0 Å². The van der Waals surface area contributed by atoms with Crippen LogP contribution in [0.5, 0.6) is 0 Å². The zero-order valence-electron chi connectivity index (χ0n) is 13.5. The van der Waals surface area contributed by atoms with Gasteiger partial charge in [0.15, 0.2) is 11.5 Å². The van der Waals surface area contributed by atoms with Gasteiger partial charge in [-0.1, -0.05) is 35.5 Å². The molecule has 7 heteroatoms. The van der Waals surface area contributed by atoms with E-state index in [1.165, 1.54) is 0 Å². The van der Waals surface area contributed by atoms with Gasteiger partial charge in [0, 0.05) is 37.3 Å². The van der Waals surface area contributed by atoms with Crippen molar-refractivity contribution in [3.8, 4) is 11.3 Å². The molecule has 0 aliphatic carbocycles. The van der Waals surface area contributed by atoms with E-state index in [-0.39, 0.29) is 24.2 Å². The Kier molecular flexibility index (Phi) is 4.90. The Bertz CT molecular complexity index is 714. The van der Waals surface area contributed by atoms with Gasteiger partial charge < -0.3 is 20.1 Å². The highest BCUT2D eigenvalue weighted by atomic mass is 16.5. The Balaban J connectivity index is 1.57. The van der Waals surface area contributed by atoms with Crippen LogP contribution in [-0.2, 0) is 4.79 Å². The summed E-state index contributed by atoms with van der Waals surface area (Å²) < 4.78 is 5.20. The zero-order valence-corrected chi connectivity index (χ0v) is 13.5. The van der Waals surface area contributed by atoms with E-state index >= 15 is 0 Å².